The first-order valence-corrected chi connectivity index (χ1v) is 8.05. The van der Waals surface area contributed by atoms with Crippen LogP contribution in [0.1, 0.15) is 0 Å². The highest BCUT2D eigenvalue weighted by atomic mass is 32.2. The molecular formula is C9H12N2O5S2. The van der Waals surface area contributed by atoms with Gasteiger partial charge in [-0.2, -0.15) is 0 Å². The third-order valence-electron chi connectivity index (χ3n) is 2.67. The molecule has 7 nitrogen and oxygen atoms in total. The molecule has 0 radical (unpaired) electrons. The van der Waals surface area contributed by atoms with Crippen LogP contribution in [0.3, 0.4) is 0 Å². The van der Waals surface area contributed by atoms with Gasteiger partial charge >= 0.3 is 12.0 Å². The van der Waals surface area contributed by atoms with Crippen LogP contribution in [0.25, 0.3) is 0 Å². The molecule has 1 saturated heterocycles. The Morgan fingerprint density at radius 1 is 1.44 bits per heavy atom. The van der Waals surface area contributed by atoms with Crippen LogP contribution in [-0.4, -0.2) is 59.9 Å². The summed E-state index contributed by atoms with van der Waals surface area (Å²) < 4.78 is 22.3. The third-order valence-corrected chi connectivity index (χ3v) is 5.07. The summed E-state index contributed by atoms with van der Waals surface area (Å²) >= 11 is 1.35. The molecule has 0 saturated carbocycles. The number of nitrogens with one attached hydrogen (secondary N) is 1. The molecule has 2 unspecified atom stereocenters. The lowest BCUT2D eigenvalue weighted by molar-refractivity contribution is -0.140. The number of urea groups is 1. The SMILES string of the molecule is O=C(O)C1CSCN1C(=O)NC1C=CS(=O)(=O)C1. The average Bonchev–Trinajstić information content (AvgIpc) is 2.84. The van der Waals surface area contributed by atoms with E-state index in [2.05, 4.69) is 5.32 Å². The quantitative estimate of drug-likeness (QED) is 0.709. The molecule has 2 heterocycles. The molecular weight excluding hydrogens is 280 g/mol. The number of aliphatic carboxylic acids is 1. The Morgan fingerprint density at radius 2 is 2.17 bits per heavy atom. The fourth-order valence-electron chi connectivity index (χ4n) is 1.75. The van der Waals surface area contributed by atoms with E-state index < -0.39 is 33.9 Å². The number of sulfone groups is 1. The molecule has 9 heteroatoms. The number of hydrogen-bond donors (Lipinski definition) is 2. The number of thioether (sulfide) groups is 1. The number of carboxylic acids is 1. The molecule has 2 aliphatic rings. The highest BCUT2D eigenvalue weighted by molar-refractivity contribution is 7.99. The Morgan fingerprint density at radius 3 is 2.72 bits per heavy atom. The van der Waals surface area contributed by atoms with Crippen LogP contribution in [0.5, 0.6) is 0 Å². The van der Waals surface area contributed by atoms with Gasteiger partial charge in [0.25, 0.3) is 0 Å². The molecule has 18 heavy (non-hydrogen) atoms. The van der Waals surface area contributed by atoms with Gasteiger partial charge in [0.1, 0.15) is 6.04 Å². The maximum Gasteiger partial charge on any atom is 0.327 e. The van der Waals surface area contributed by atoms with E-state index in [1.807, 2.05) is 0 Å². The van der Waals surface area contributed by atoms with Gasteiger partial charge in [0.15, 0.2) is 9.84 Å². The maximum absolute atomic E-state index is 11.8. The van der Waals surface area contributed by atoms with Gasteiger partial charge < -0.3 is 15.3 Å². The van der Waals surface area contributed by atoms with Gasteiger partial charge in [-0.15, -0.1) is 11.8 Å². The Labute approximate surface area is 108 Å². The van der Waals surface area contributed by atoms with Crippen molar-refractivity contribution in [2.75, 3.05) is 17.4 Å². The minimum absolute atomic E-state index is 0.169. The molecule has 0 aliphatic carbocycles. The highest BCUT2D eigenvalue weighted by Gasteiger charge is 2.36. The first-order chi connectivity index (χ1) is 8.39. The number of rotatable bonds is 2. The Bertz CT molecular complexity index is 501. The molecule has 0 aromatic heterocycles. The summed E-state index contributed by atoms with van der Waals surface area (Å²) in [5.74, 6) is -0.574. The van der Waals surface area contributed by atoms with Crippen molar-refractivity contribution in [1.82, 2.24) is 10.2 Å². The molecule has 2 aliphatic heterocycles. The van der Waals surface area contributed by atoms with Crippen molar-refractivity contribution in [3.63, 3.8) is 0 Å². The van der Waals surface area contributed by atoms with Gasteiger partial charge in [0, 0.05) is 11.2 Å². The van der Waals surface area contributed by atoms with E-state index in [1.54, 1.807) is 0 Å². The minimum atomic E-state index is -3.23. The van der Waals surface area contributed by atoms with Gasteiger partial charge in [0.2, 0.25) is 0 Å². The van der Waals surface area contributed by atoms with Crippen molar-refractivity contribution >= 4 is 33.6 Å². The number of carboxylic acid groups (broad SMARTS) is 1. The fourth-order valence-corrected chi connectivity index (χ4v) is 4.13. The van der Waals surface area contributed by atoms with Gasteiger partial charge in [-0.25, -0.2) is 18.0 Å². The van der Waals surface area contributed by atoms with Crippen molar-refractivity contribution in [2.45, 2.75) is 12.1 Å². The van der Waals surface area contributed by atoms with Gasteiger partial charge in [-0.1, -0.05) is 0 Å². The van der Waals surface area contributed by atoms with E-state index in [-0.39, 0.29) is 5.75 Å². The molecule has 0 bridgehead atoms. The third kappa shape index (κ3) is 2.78. The van der Waals surface area contributed by atoms with E-state index in [1.165, 1.54) is 22.7 Å². The first kappa shape index (κ1) is 13.2. The second-order valence-corrected chi connectivity index (χ2v) is 6.97. The molecule has 0 aromatic carbocycles. The second-order valence-electron chi connectivity index (χ2n) is 4.04. The van der Waals surface area contributed by atoms with Crippen LogP contribution in [0.15, 0.2) is 11.5 Å². The van der Waals surface area contributed by atoms with Crippen LogP contribution in [0.2, 0.25) is 0 Å². The standard InChI is InChI=1S/C9H12N2O5S2/c12-8(13)7-3-17-5-11(7)9(14)10-6-1-2-18(15,16)4-6/h1-2,6-7H,3-5H2,(H,10,14)(H,12,13). The van der Waals surface area contributed by atoms with Crippen molar-refractivity contribution in [3.8, 4) is 0 Å². The highest BCUT2D eigenvalue weighted by Crippen LogP contribution is 2.21. The number of hydrogen-bond acceptors (Lipinski definition) is 5. The molecule has 2 rings (SSSR count). The number of amides is 2. The number of nitrogens with zero attached hydrogens (tertiary/aromatic N) is 1. The molecule has 2 amide bonds. The van der Waals surface area contributed by atoms with Crippen LogP contribution in [-0.2, 0) is 14.6 Å². The summed E-state index contributed by atoms with van der Waals surface area (Å²) in [4.78, 5) is 23.9. The lowest BCUT2D eigenvalue weighted by Gasteiger charge is -2.22. The average molecular weight is 292 g/mol. The Balaban J connectivity index is 1.97. The summed E-state index contributed by atoms with van der Waals surface area (Å²) in [6.45, 7) is 0. The van der Waals surface area contributed by atoms with E-state index >= 15 is 0 Å². The molecule has 100 valence electrons. The largest absolute Gasteiger partial charge is 0.480 e. The van der Waals surface area contributed by atoms with Crippen molar-refractivity contribution in [2.24, 2.45) is 0 Å². The zero-order chi connectivity index (χ0) is 13.3. The fraction of sp³-hybridized carbons (Fsp3) is 0.556. The van der Waals surface area contributed by atoms with Gasteiger partial charge in [-0.3, -0.25) is 0 Å². The monoisotopic (exact) mass is 292 g/mol. The summed E-state index contributed by atoms with van der Waals surface area (Å²) in [6.07, 6.45) is 1.40. The Hall–Kier alpha value is -1.22. The number of carbonyl (C=O) groups excluding carboxylic acids is 1. The summed E-state index contributed by atoms with van der Waals surface area (Å²) in [7, 11) is -3.23. The zero-order valence-electron chi connectivity index (χ0n) is 9.27. The molecule has 0 aromatic rings. The van der Waals surface area contributed by atoms with Crippen LogP contribution >= 0.6 is 11.8 Å². The van der Waals surface area contributed by atoms with Gasteiger partial charge in [-0.05, 0) is 6.08 Å². The summed E-state index contributed by atoms with van der Waals surface area (Å²) in [5, 5.41) is 12.5. The predicted molar refractivity (Wildman–Crippen MR) is 65.8 cm³/mol. The van der Waals surface area contributed by atoms with E-state index in [0.717, 1.165) is 5.41 Å². The molecule has 1 fully saturated rings. The van der Waals surface area contributed by atoms with E-state index in [0.29, 0.717) is 11.6 Å². The Kier molecular flexibility index (Phi) is 3.53. The smallest absolute Gasteiger partial charge is 0.327 e. The van der Waals surface area contributed by atoms with Gasteiger partial charge in [0.05, 0.1) is 17.7 Å². The maximum atomic E-state index is 11.8. The van der Waals surface area contributed by atoms with Crippen LogP contribution in [0.4, 0.5) is 4.79 Å². The topological polar surface area (TPSA) is 104 Å². The van der Waals surface area contributed by atoms with Crippen LogP contribution in [0, 0.1) is 0 Å². The van der Waals surface area contributed by atoms with E-state index in [9.17, 15) is 18.0 Å². The second kappa shape index (κ2) is 4.81. The number of carbonyl (C=O) groups is 2. The van der Waals surface area contributed by atoms with Crippen molar-refractivity contribution in [3.05, 3.63) is 11.5 Å². The molecule has 2 atom stereocenters. The van der Waals surface area contributed by atoms with Crippen molar-refractivity contribution < 1.29 is 23.1 Å². The van der Waals surface area contributed by atoms with Crippen LogP contribution < -0.4 is 5.32 Å². The zero-order valence-corrected chi connectivity index (χ0v) is 10.9. The first-order valence-electron chi connectivity index (χ1n) is 5.18. The molecule has 2 N–H and O–H groups in total. The van der Waals surface area contributed by atoms with E-state index in [4.69, 9.17) is 5.11 Å². The lowest BCUT2D eigenvalue weighted by atomic mass is 10.3. The minimum Gasteiger partial charge on any atom is -0.480 e. The van der Waals surface area contributed by atoms with Crippen molar-refractivity contribution in [1.29, 1.82) is 0 Å². The summed E-state index contributed by atoms with van der Waals surface area (Å²) in [6, 6.07) is -1.97. The normalized spacial score (nSPS) is 29.4. The predicted octanol–water partition coefficient (Wildman–Crippen LogP) is -0.534. The summed E-state index contributed by atoms with van der Waals surface area (Å²) in [5.41, 5.74) is 0. The molecule has 0 spiro atoms. The lowest BCUT2D eigenvalue weighted by Crippen LogP contribution is -2.49.